The third-order valence-electron chi connectivity index (χ3n) is 1.13. The Morgan fingerprint density at radius 3 is 2.50 bits per heavy atom. The molecule has 0 aliphatic rings. The van der Waals surface area contributed by atoms with E-state index in [9.17, 15) is 4.79 Å². The second-order valence-corrected chi connectivity index (χ2v) is 2.10. The van der Waals surface area contributed by atoms with E-state index >= 15 is 0 Å². The lowest BCUT2D eigenvalue weighted by Gasteiger charge is -2.08. The van der Waals surface area contributed by atoms with Crippen molar-refractivity contribution in [3.05, 3.63) is 0 Å². The monoisotopic (exact) mass is 166 g/mol. The minimum atomic E-state index is -0.299. The molecule has 3 nitrogen and oxygen atoms in total. The fourth-order valence-electron chi connectivity index (χ4n) is 0.470. The van der Waals surface area contributed by atoms with Gasteiger partial charge in [0.15, 0.2) is 0 Å². The number of ether oxygens (including phenoxy) is 2. The predicted octanol–water partition coefficient (Wildman–Crippen LogP) is 0.803. The molecule has 0 fully saturated rings. The van der Waals surface area contributed by atoms with Gasteiger partial charge in [-0.05, 0) is 0 Å². The van der Waals surface area contributed by atoms with Gasteiger partial charge < -0.3 is 9.47 Å². The SMILES string of the molecule is COC(=O)CC(CCl)OC. The Balaban J connectivity index is 3.52. The first-order chi connectivity index (χ1) is 4.74. The van der Waals surface area contributed by atoms with Gasteiger partial charge in [-0.1, -0.05) is 0 Å². The summed E-state index contributed by atoms with van der Waals surface area (Å²) in [4.78, 5) is 10.6. The average Bonchev–Trinajstić information content (AvgIpc) is 1.99. The van der Waals surface area contributed by atoms with Crippen molar-refractivity contribution in [2.24, 2.45) is 0 Å². The van der Waals surface area contributed by atoms with Crippen molar-refractivity contribution >= 4 is 17.6 Å². The van der Waals surface area contributed by atoms with Crippen LogP contribution >= 0.6 is 11.6 Å². The molecule has 0 bridgehead atoms. The number of carbonyl (C=O) groups is 1. The minimum Gasteiger partial charge on any atom is -0.469 e. The molecule has 0 heterocycles. The Hall–Kier alpha value is -0.280. The average molecular weight is 167 g/mol. The number of rotatable bonds is 4. The molecule has 0 aliphatic carbocycles. The first kappa shape index (κ1) is 9.72. The molecule has 4 heteroatoms. The lowest BCUT2D eigenvalue weighted by atomic mass is 10.3. The fraction of sp³-hybridized carbons (Fsp3) is 0.833. The third-order valence-corrected chi connectivity index (χ3v) is 1.47. The molecular formula is C6H11ClO3. The Morgan fingerprint density at radius 2 is 2.20 bits per heavy atom. The maximum Gasteiger partial charge on any atom is 0.308 e. The highest BCUT2D eigenvalue weighted by atomic mass is 35.5. The van der Waals surface area contributed by atoms with Crippen molar-refractivity contribution in [2.45, 2.75) is 12.5 Å². The van der Waals surface area contributed by atoms with Gasteiger partial charge in [0.05, 0.1) is 19.6 Å². The van der Waals surface area contributed by atoms with Crippen LogP contribution in [0.2, 0.25) is 0 Å². The van der Waals surface area contributed by atoms with E-state index < -0.39 is 0 Å². The van der Waals surface area contributed by atoms with Crippen LogP contribution in [0.25, 0.3) is 0 Å². The van der Waals surface area contributed by atoms with E-state index in [1.54, 1.807) is 0 Å². The number of carbonyl (C=O) groups excluding carboxylic acids is 1. The first-order valence-electron chi connectivity index (χ1n) is 2.90. The van der Waals surface area contributed by atoms with Crippen molar-refractivity contribution in [2.75, 3.05) is 20.1 Å². The number of hydrogen-bond donors (Lipinski definition) is 0. The number of hydrogen-bond acceptors (Lipinski definition) is 3. The van der Waals surface area contributed by atoms with Crippen LogP contribution < -0.4 is 0 Å². The van der Waals surface area contributed by atoms with E-state index in [1.807, 2.05) is 0 Å². The lowest BCUT2D eigenvalue weighted by molar-refractivity contribution is -0.142. The standard InChI is InChI=1S/C6H11ClO3/c1-9-5(4-7)3-6(8)10-2/h5H,3-4H2,1-2H3. The molecule has 0 spiro atoms. The van der Waals surface area contributed by atoms with Crippen LogP contribution in [0.15, 0.2) is 0 Å². The van der Waals surface area contributed by atoms with Crippen molar-refractivity contribution in [1.29, 1.82) is 0 Å². The van der Waals surface area contributed by atoms with Gasteiger partial charge in [0.1, 0.15) is 0 Å². The molecule has 10 heavy (non-hydrogen) atoms. The smallest absolute Gasteiger partial charge is 0.308 e. The third kappa shape index (κ3) is 3.69. The number of halogens is 1. The summed E-state index contributed by atoms with van der Waals surface area (Å²) in [5.74, 6) is 0.0125. The second-order valence-electron chi connectivity index (χ2n) is 1.79. The van der Waals surface area contributed by atoms with Gasteiger partial charge in [-0.2, -0.15) is 0 Å². The summed E-state index contributed by atoms with van der Waals surface area (Å²) in [5.41, 5.74) is 0. The zero-order valence-corrected chi connectivity index (χ0v) is 6.85. The molecule has 0 saturated carbocycles. The zero-order chi connectivity index (χ0) is 7.98. The summed E-state index contributed by atoms with van der Waals surface area (Å²) in [6.07, 6.45) is -0.00892. The quantitative estimate of drug-likeness (QED) is 0.458. The van der Waals surface area contributed by atoms with Gasteiger partial charge in [0, 0.05) is 13.0 Å². The van der Waals surface area contributed by atoms with E-state index in [0.717, 1.165) is 0 Å². The van der Waals surface area contributed by atoms with E-state index in [4.69, 9.17) is 16.3 Å². The van der Waals surface area contributed by atoms with E-state index in [2.05, 4.69) is 4.74 Å². The van der Waals surface area contributed by atoms with Crippen molar-refractivity contribution in [3.63, 3.8) is 0 Å². The molecule has 0 saturated heterocycles. The van der Waals surface area contributed by atoms with Crippen molar-refractivity contribution in [1.82, 2.24) is 0 Å². The van der Waals surface area contributed by atoms with Crippen LogP contribution in [-0.4, -0.2) is 32.2 Å². The van der Waals surface area contributed by atoms with Gasteiger partial charge >= 0.3 is 5.97 Å². The number of esters is 1. The summed E-state index contributed by atoms with van der Waals surface area (Å²) >= 11 is 5.44. The lowest BCUT2D eigenvalue weighted by Crippen LogP contribution is -2.18. The van der Waals surface area contributed by atoms with Crippen molar-refractivity contribution in [3.8, 4) is 0 Å². The van der Waals surface area contributed by atoms with Gasteiger partial charge in [0.25, 0.3) is 0 Å². The molecule has 1 unspecified atom stereocenters. The zero-order valence-electron chi connectivity index (χ0n) is 6.09. The van der Waals surface area contributed by atoms with Gasteiger partial charge in [-0.15, -0.1) is 11.6 Å². The molecule has 0 amide bonds. The van der Waals surface area contributed by atoms with Gasteiger partial charge in [-0.25, -0.2) is 0 Å². The molecule has 0 N–H and O–H groups in total. The van der Waals surface area contributed by atoms with Gasteiger partial charge in [-0.3, -0.25) is 4.79 Å². The Bertz CT molecular complexity index is 101. The van der Waals surface area contributed by atoms with E-state index in [1.165, 1.54) is 14.2 Å². The molecule has 0 aromatic carbocycles. The molecule has 0 aromatic rings. The number of methoxy groups -OCH3 is 2. The summed E-state index contributed by atoms with van der Waals surface area (Å²) < 4.78 is 9.25. The molecule has 60 valence electrons. The maximum atomic E-state index is 10.6. The fourth-order valence-corrected chi connectivity index (χ4v) is 0.705. The van der Waals surface area contributed by atoms with Crippen LogP contribution in [0, 0.1) is 0 Å². The van der Waals surface area contributed by atoms with E-state index in [0.29, 0.717) is 5.88 Å². The van der Waals surface area contributed by atoms with Crippen LogP contribution in [-0.2, 0) is 14.3 Å². The van der Waals surface area contributed by atoms with Crippen LogP contribution in [0.4, 0.5) is 0 Å². The summed E-state index contributed by atoms with van der Waals surface area (Å²) in [5, 5.41) is 0. The molecule has 0 radical (unpaired) electrons. The van der Waals surface area contributed by atoms with E-state index in [-0.39, 0.29) is 18.5 Å². The molecular weight excluding hydrogens is 156 g/mol. The molecule has 1 atom stereocenters. The predicted molar refractivity (Wildman–Crippen MR) is 38.2 cm³/mol. The highest BCUT2D eigenvalue weighted by molar-refractivity contribution is 6.18. The van der Waals surface area contributed by atoms with Crippen molar-refractivity contribution < 1.29 is 14.3 Å². The Morgan fingerprint density at radius 1 is 1.60 bits per heavy atom. The normalized spacial score (nSPS) is 12.7. The highest BCUT2D eigenvalue weighted by Gasteiger charge is 2.11. The number of alkyl halides is 1. The summed E-state index contributed by atoms with van der Waals surface area (Å²) in [6.45, 7) is 0. The Kier molecular flexibility index (Phi) is 5.35. The summed E-state index contributed by atoms with van der Waals surface area (Å²) in [6, 6.07) is 0. The first-order valence-corrected chi connectivity index (χ1v) is 3.43. The maximum absolute atomic E-state index is 10.6. The van der Waals surface area contributed by atoms with Crippen LogP contribution in [0.3, 0.4) is 0 Å². The van der Waals surface area contributed by atoms with Gasteiger partial charge in [0.2, 0.25) is 0 Å². The minimum absolute atomic E-state index is 0.219. The van der Waals surface area contributed by atoms with Crippen LogP contribution in [0.5, 0.6) is 0 Å². The molecule has 0 rings (SSSR count). The largest absolute Gasteiger partial charge is 0.469 e. The topological polar surface area (TPSA) is 35.5 Å². The van der Waals surface area contributed by atoms with Crippen LogP contribution in [0.1, 0.15) is 6.42 Å². The molecule has 0 aliphatic heterocycles. The molecule has 0 aromatic heterocycles. The Labute approximate surface area is 65.3 Å². The highest BCUT2D eigenvalue weighted by Crippen LogP contribution is 2.00. The summed E-state index contributed by atoms with van der Waals surface area (Å²) in [7, 11) is 2.85. The second kappa shape index (κ2) is 5.50.